The van der Waals surface area contributed by atoms with Crippen molar-refractivity contribution in [3.63, 3.8) is 0 Å². The number of carboxylic acid groups (broad SMARTS) is 1. The Morgan fingerprint density at radius 1 is 1.12 bits per heavy atom. The largest absolute Gasteiger partial charge is 0.481 e. The Bertz CT molecular complexity index is 663. The summed E-state index contributed by atoms with van der Waals surface area (Å²) in [4.78, 5) is 23.8. The van der Waals surface area contributed by atoms with Crippen molar-refractivity contribution in [1.82, 2.24) is 5.32 Å². The number of carboxylic acids is 1. The average Bonchev–Trinajstić information content (AvgIpc) is 3.31. The molecule has 2 saturated carbocycles. The minimum atomic E-state index is -0.695. The minimum Gasteiger partial charge on any atom is -0.481 e. The molecule has 2 unspecified atom stereocenters. The Labute approximate surface area is 142 Å². The lowest BCUT2D eigenvalue weighted by Crippen LogP contribution is -2.40. The minimum absolute atomic E-state index is 0.0805. The predicted octanol–water partition coefficient (Wildman–Crippen LogP) is 3.04. The Morgan fingerprint density at radius 2 is 1.88 bits per heavy atom. The zero-order chi connectivity index (χ0) is 16.7. The van der Waals surface area contributed by atoms with E-state index in [1.54, 1.807) is 0 Å². The standard InChI is InChI=1S/C20H25NO3/c22-18(21-15-9-7-14(8-10-15)19(23)24)17-12-20(17)11-3-5-13-4-1-2-6-16(13)20/h1-2,4,6,14-15,17H,3,5,7-12H2,(H,21,22)(H,23,24). The number of aryl methyl sites for hydroxylation is 1. The summed E-state index contributed by atoms with van der Waals surface area (Å²) < 4.78 is 0. The van der Waals surface area contributed by atoms with Crippen molar-refractivity contribution in [1.29, 1.82) is 0 Å². The maximum absolute atomic E-state index is 12.7. The Hall–Kier alpha value is -1.84. The Morgan fingerprint density at radius 3 is 2.62 bits per heavy atom. The summed E-state index contributed by atoms with van der Waals surface area (Å²) in [5.41, 5.74) is 2.89. The zero-order valence-corrected chi connectivity index (χ0v) is 14.0. The lowest BCUT2D eigenvalue weighted by atomic mass is 9.78. The van der Waals surface area contributed by atoms with E-state index in [0.717, 1.165) is 32.1 Å². The number of carbonyl (C=O) groups excluding carboxylic acids is 1. The average molecular weight is 327 g/mol. The lowest BCUT2D eigenvalue weighted by Gasteiger charge is -2.29. The first-order valence-electron chi connectivity index (χ1n) is 9.22. The highest BCUT2D eigenvalue weighted by Gasteiger charge is 2.60. The molecule has 0 heterocycles. The van der Waals surface area contributed by atoms with Crippen LogP contribution in [0.1, 0.15) is 56.1 Å². The maximum atomic E-state index is 12.7. The van der Waals surface area contributed by atoms with E-state index in [9.17, 15) is 9.59 Å². The van der Waals surface area contributed by atoms with E-state index in [1.807, 2.05) is 0 Å². The van der Waals surface area contributed by atoms with Gasteiger partial charge in [-0.25, -0.2) is 0 Å². The second kappa shape index (κ2) is 5.91. The van der Waals surface area contributed by atoms with Gasteiger partial charge in [-0.3, -0.25) is 9.59 Å². The highest BCUT2D eigenvalue weighted by molar-refractivity contribution is 5.85. The topological polar surface area (TPSA) is 66.4 Å². The van der Waals surface area contributed by atoms with Gasteiger partial charge in [0.05, 0.1) is 5.92 Å². The number of aliphatic carboxylic acids is 1. The van der Waals surface area contributed by atoms with Gasteiger partial charge in [-0.1, -0.05) is 24.3 Å². The van der Waals surface area contributed by atoms with Gasteiger partial charge in [-0.15, -0.1) is 0 Å². The number of carbonyl (C=O) groups is 2. The number of amides is 1. The lowest BCUT2D eigenvalue weighted by molar-refractivity contribution is -0.142. The van der Waals surface area contributed by atoms with E-state index in [0.29, 0.717) is 12.8 Å². The van der Waals surface area contributed by atoms with E-state index >= 15 is 0 Å². The molecule has 0 radical (unpaired) electrons. The molecule has 128 valence electrons. The van der Waals surface area contributed by atoms with Gasteiger partial charge in [0.25, 0.3) is 0 Å². The van der Waals surface area contributed by atoms with Crippen molar-refractivity contribution in [2.45, 2.75) is 62.8 Å². The van der Waals surface area contributed by atoms with Gasteiger partial charge < -0.3 is 10.4 Å². The van der Waals surface area contributed by atoms with E-state index in [-0.39, 0.29) is 29.2 Å². The Balaban J connectivity index is 1.39. The molecule has 0 bridgehead atoms. The number of fused-ring (bicyclic) bond motifs is 2. The summed E-state index contributed by atoms with van der Waals surface area (Å²) in [7, 11) is 0. The Kier molecular flexibility index (Phi) is 3.86. The van der Waals surface area contributed by atoms with Crippen molar-refractivity contribution >= 4 is 11.9 Å². The van der Waals surface area contributed by atoms with Crippen LogP contribution in [0.5, 0.6) is 0 Å². The summed E-state index contributed by atoms with van der Waals surface area (Å²) in [5, 5.41) is 12.3. The van der Waals surface area contributed by atoms with Crippen LogP contribution in [-0.4, -0.2) is 23.0 Å². The van der Waals surface area contributed by atoms with E-state index in [2.05, 4.69) is 29.6 Å². The molecule has 1 amide bonds. The first-order chi connectivity index (χ1) is 11.6. The molecule has 1 aromatic rings. The van der Waals surface area contributed by atoms with Gasteiger partial charge in [0.2, 0.25) is 5.91 Å². The molecule has 2 N–H and O–H groups in total. The smallest absolute Gasteiger partial charge is 0.306 e. The molecule has 2 atom stereocenters. The van der Waals surface area contributed by atoms with Crippen LogP contribution in [0.3, 0.4) is 0 Å². The SMILES string of the molecule is O=C(O)C1CCC(NC(=O)C2CC23CCCc2ccccc23)CC1. The number of hydrogen-bond acceptors (Lipinski definition) is 2. The zero-order valence-electron chi connectivity index (χ0n) is 14.0. The molecule has 4 nitrogen and oxygen atoms in total. The first-order valence-corrected chi connectivity index (χ1v) is 9.22. The van der Waals surface area contributed by atoms with Crippen LogP contribution in [0.15, 0.2) is 24.3 Å². The van der Waals surface area contributed by atoms with Crippen LogP contribution in [0, 0.1) is 11.8 Å². The van der Waals surface area contributed by atoms with Crippen LogP contribution in [0.4, 0.5) is 0 Å². The van der Waals surface area contributed by atoms with Gasteiger partial charge in [0, 0.05) is 17.4 Å². The summed E-state index contributed by atoms with van der Waals surface area (Å²) in [6, 6.07) is 8.75. The maximum Gasteiger partial charge on any atom is 0.306 e. The second-order valence-corrected chi connectivity index (χ2v) is 7.82. The van der Waals surface area contributed by atoms with Crippen molar-refractivity contribution in [3.8, 4) is 0 Å². The normalized spacial score (nSPS) is 34.4. The molecule has 2 fully saturated rings. The van der Waals surface area contributed by atoms with Gasteiger partial charge in [-0.2, -0.15) is 0 Å². The third kappa shape index (κ3) is 2.62. The fraction of sp³-hybridized carbons (Fsp3) is 0.600. The summed E-state index contributed by atoms with van der Waals surface area (Å²) in [6.07, 6.45) is 7.33. The summed E-state index contributed by atoms with van der Waals surface area (Å²) >= 11 is 0. The predicted molar refractivity (Wildman–Crippen MR) is 90.7 cm³/mol. The fourth-order valence-electron chi connectivity index (χ4n) is 4.96. The van der Waals surface area contributed by atoms with Crippen LogP contribution < -0.4 is 5.32 Å². The van der Waals surface area contributed by atoms with Crippen LogP contribution in [0.2, 0.25) is 0 Å². The molecular formula is C20H25NO3. The number of benzene rings is 1. The third-order valence-corrected chi connectivity index (χ3v) is 6.44. The molecule has 1 aromatic carbocycles. The molecular weight excluding hydrogens is 302 g/mol. The first kappa shape index (κ1) is 15.7. The molecule has 24 heavy (non-hydrogen) atoms. The molecule has 0 aromatic heterocycles. The van der Waals surface area contributed by atoms with Gasteiger partial charge >= 0.3 is 5.97 Å². The number of rotatable bonds is 3. The van der Waals surface area contributed by atoms with Gasteiger partial charge in [0.15, 0.2) is 0 Å². The number of hydrogen-bond donors (Lipinski definition) is 2. The number of nitrogens with one attached hydrogen (secondary N) is 1. The fourth-order valence-corrected chi connectivity index (χ4v) is 4.96. The van der Waals surface area contributed by atoms with Crippen molar-refractivity contribution < 1.29 is 14.7 Å². The van der Waals surface area contributed by atoms with Crippen LogP contribution in [0.25, 0.3) is 0 Å². The van der Waals surface area contributed by atoms with Gasteiger partial charge in [-0.05, 0) is 62.5 Å². The molecule has 3 aliphatic rings. The quantitative estimate of drug-likeness (QED) is 0.897. The molecule has 4 rings (SSSR count). The second-order valence-electron chi connectivity index (χ2n) is 7.82. The van der Waals surface area contributed by atoms with Crippen LogP contribution in [-0.2, 0) is 21.4 Å². The molecule has 3 aliphatic carbocycles. The van der Waals surface area contributed by atoms with Crippen molar-refractivity contribution in [3.05, 3.63) is 35.4 Å². The van der Waals surface area contributed by atoms with E-state index in [1.165, 1.54) is 17.5 Å². The molecule has 1 spiro atoms. The monoisotopic (exact) mass is 327 g/mol. The summed E-state index contributed by atoms with van der Waals surface area (Å²) in [5.74, 6) is -0.628. The van der Waals surface area contributed by atoms with Crippen molar-refractivity contribution in [2.24, 2.45) is 11.8 Å². The highest BCUT2D eigenvalue weighted by atomic mass is 16.4. The van der Waals surface area contributed by atoms with Crippen LogP contribution >= 0.6 is 0 Å². The molecule has 0 aliphatic heterocycles. The van der Waals surface area contributed by atoms with Crippen molar-refractivity contribution in [2.75, 3.05) is 0 Å². The molecule has 4 heteroatoms. The highest BCUT2D eigenvalue weighted by Crippen LogP contribution is 2.60. The molecule has 0 saturated heterocycles. The van der Waals surface area contributed by atoms with E-state index in [4.69, 9.17) is 5.11 Å². The van der Waals surface area contributed by atoms with Gasteiger partial charge in [0.1, 0.15) is 0 Å². The third-order valence-electron chi connectivity index (χ3n) is 6.44. The summed E-state index contributed by atoms with van der Waals surface area (Å²) in [6.45, 7) is 0. The van der Waals surface area contributed by atoms with E-state index < -0.39 is 5.97 Å².